The summed E-state index contributed by atoms with van der Waals surface area (Å²) in [6.07, 6.45) is 4.34. The molecule has 0 spiro atoms. The quantitative estimate of drug-likeness (QED) is 0.750. The molecule has 2 fully saturated rings. The van der Waals surface area contributed by atoms with Crippen molar-refractivity contribution in [2.24, 2.45) is 0 Å². The third kappa shape index (κ3) is 3.22. The number of aromatic nitrogens is 1. The molecule has 2 aromatic heterocycles. The molecule has 2 saturated heterocycles. The Morgan fingerprint density at radius 2 is 2.38 bits per heavy atom. The summed E-state index contributed by atoms with van der Waals surface area (Å²) in [5, 5.41) is 6.39. The van der Waals surface area contributed by atoms with Gasteiger partial charge in [0.15, 0.2) is 5.11 Å². The number of rotatable bonds is 4. The molecule has 126 valence electrons. The predicted molar refractivity (Wildman–Crippen MR) is 103 cm³/mol. The first-order chi connectivity index (χ1) is 11.7. The lowest BCUT2D eigenvalue weighted by Crippen LogP contribution is -2.36. The number of thiocarbonyl (C=S) groups is 1. The fourth-order valence-electron chi connectivity index (χ4n) is 3.40. The van der Waals surface area contributed by atoms with Crippen molar-refractivity contribution < 1.29 is 4.74 Å². The molecule has 4 rings (SSSR count). The van der Waals surface area contributed by atoms with Crippen molar-refractivity contribution in [2.45, 2.75) is 31.0 Å². The van der Waals surface area contributed by atoms with Crippen molar-refractivity contribution in [1.29, 1.82) is 0 Å². The Labute approximate surface area is 159 Å². The van der Waals surface area contributed by atoms with Gasteiger partial charge in [0.2, 0.25) is 0 Å². The molecule has 3 atom stereocenters. The minimum Gasteiger partial charge on any atom is -0.376 e. The lowest BCUT2D eigenvalue weighted by Gasteiger charge is -2.28. The molecular weight excluding hydrogens is 406 g/mol. The molecule has 0 aromatic carbocycles. The molecule has 0 radical (unpaired) electrons. The van der Waals surface area contributed by atoms with Crippen LogP contribution >= 0.6 is 39.5 Å². The third-order valence-corrected chi connectivity index (χ3v) is 6.62. The fraction of sp³-hybridized carbons (Fsp3) is 0.412. The molecule has 7 heteroatoms. The minimum atomic E-state index is 0.0608. The smallest absolute Gasteiger partial charge is 0.170 e. The van der Waals surface area contributed by atoms with E-state index in [-0.39, 0.29) is 18.2 Å². The van der Waals surface area contributed by atoms with E-state index in [9.17, 15) is 0 Å². The summed E-state index contributed by atoms with van der Waals surface area (Å²) in [7, 11) is 0. The van der Waals surface area contributed by atoms with Crippen LogP contribution in [0.2, 0.25) is 0 Å². The topological polar surface area (TPSA) is 37.4 Å². The van der Waals surface area contributed by atoms with E-state index in [0.717, 1.165) is 41.3 Å². The van der Waals surface area contributed by atoms with Gasteiger partial charge in [0, 0.05) is 34.1 Å². The highest BCUT2D eigenvalue weighted by atomic mass is 79.9. The molecule has 0 unspecified atom stereocenters. The Bertz CT molecular complexity index is 718. The summed E-state index contributed by atoms with van der Waals surface area (Å²) >= 11 is 11.0. The van der Waals surface area contributed by atoms with Crippen LogP contribution in [-0.4, -0.2) is 34.3 Å². The molecule has 24 heavy (non-hydrogen) atoms. The second kappa shape index (κ2) is 7.07. The zero-order valence-corrected chi connectivity index (χ0v) is 16.2. The van der Waals surface area contributed by atoms with Crippen LogP contribution in [0.3, 0.4) is 0 Å². The minimum absolute atomic E-state index is 0.0608. The van der Waals surface area contributed by atoms with Crippen LogP contribution in [0.1, 0.15) is 35.5 Å². The summed E-state index contributed by atoms with van der Waals surface area (Å²) < 4.78 is 6.95. The first-order valence-electron chi connectivity index (χ1n) is 8.06. The third-order valence-electron chi connectivity index (χ3n) is 4.50. The van der Waals surface area contributed by atoms with Crippen LogP contribution in [0, 0.1) is 0 Å². The number of hydrogen-bond donors (Lipinski definition) is 1. The van der Waals surface area contributed by atoms with E-state index in [1.165, 1.54) is 4.88 Å². The lowest BCUT2D eigenvalue weighted by atomic mass is 10.0. The van der Waals surface area contributed by atoms with Gasteiger partial charge in [-0.3, -0.25) is 4.98 Å². The summed E-state index contributed by atoms with van der Waals surface area (Å²) in [5.74, 6) is 0. The van der Waals surface area contributed by atoms with Crippen molar-refractivity contribution in [3.05, 3.63) is 50.9 Å². The van der Waals surface area contributed by atoms with Crippen molar-refractivity contribution in [3.63, 3.8) is 0 Å². The highest BCUT2D eigenvalue weighted by Crippen LogP contribution is 2.42. The Kier molecular flexibility index (Phi) is 4.85. The Hall–Kier alpha value is -1.02. The molecule has 0 saturated carbocycles. The predicted octanol–water partition coefficient (Wildman–Crippen LogP) is 4.06. The number of nitrogens with one attached hydrogen (secondary N) is 1. The number of nitrogens with zero attached hydrogens (tertiary/aromatic N) is 2. The molecule has 0 aliphatic carbocycles. The zero-order valence-electron chi connectivity index (χ0n) is 13.0. The standard InChI is InChI=1S/C17H18BrN3OS2/c18-11-8-14(24-10-11)16-15(13-5-1-2-6-19-13)20-17(23)21(16)9-12-4-3-7-22-12/h1-2,5-6,8,10,12,15-16H,3-4,7,9H2,(H,20,23)/t12-,15-,16+/m1/s1. The van der Waals surface area contributed by atoms with Crippen molar-refractivity contribution >= 4 is 44.6 Å². The maximum atomic E-state index is 5.84. The highest BCUT2D eigenvalue weighted by Gasteiger charge is 2.41. The number of thiophene rings is 1. The van der Waals surface area contributed by atoms with Crippen molar-refractivity contribution in [3.8, 4) is 0 Å². The summed E-state index contributed by atoms with van der Waals surface area (Å²) in [5.41, 5.74) is 1.02. The first-order valence-corrected chi connectivity index (χ1v) is 10.1. The molecule has 2 aliphatic heterocycles. The number of hydrogen-bond acceptors (Lipinski definition) is 4. The van der Waals surface area contributed by atoms with Gasteiger partial charge in [-0.25, -0.2) is 0 Å². The van der Waals surface area contributed by atoms with E-state index in [4.69, 9.17) is 17.0 Å². The maximum absolute atomic E-state index is 5.84. The molecular formula is C17H18BrN3OS2. The van der Waals surface area contributed by atoms with Gasteiger partial charge in [-0.15, -0.1) is 11.3 Å². The second-order valence-electron chi connectivity index (χ2n) is 6.08. The van der Waals surface area contributed by atoms with Gasteiger partial charge in [-0.05, 0) is 59.2 Å². The van der Waals surface area contributed by atoms with Crippen LogP contribution in [0.25, 0.3) is 0 Å². The maximum Gasteiger partial charge on any atom is 0.170 e. The SMILES string of the molecule is S=C1N[C@H](c2ccccn2)[C@H](c2cc(Br)cs2)N1C[C@H]1CCCO1. The Morgan fingerprint density at radius 3 is 3.04 bits per heavy atom. The van der Waals surface area contributed by atoms with Crippen LogP contribution in [-0.2, 0) is 4.74 Å². The number of pyridine rings is 1. The zero-order chi connectivity index (χ0) is 16.5. The van der Waals surface area contributed by atoms with E-state index in [2.05, 4.69) is 48.6 Å². The van der Waals surface area contributed by atoms with Crippen LogP contribution in [0.15, 0.2) is 40.3 Å². The molecule has 2 aliphatic rings. The monoisotopic (exact) mass is 423 g/mol. The van der Waals surface area contributed by atoms with Gasteiger partial charge in [0.25, 0.3) is 0 Å². The van der Waals surface area contributed by atoms with Crippen LogP contribution in [0.5, 0.6) is 0 Å². The van der Waals surface area contributed by atoms with Gasteiger partial charge >= 0.3 is 0 Å². The largest absolute Gasteiger partial charge is 0.376 e. The molecule has 0 amide bonds. The molecule has 4 heterocycles. The number of ether oxygens (including phenoxy) is 1. The van der Waals surface area contributed by atoms with E-state index in [1.807, 2.05) is 18.3 Å². The van der Waals surface area contributed by atoms with E-state index in [0.29, 0.717) is 0 Å². The summed E-state index contributed by atoms with van der Waals surface area (Å²) in [6.45, 7) is 1.69. The highest BCUT2D eigenvalue weighted by molar-refractivity contribution is 9.10. The molecule has 2 aromatic rings. The Morgan fingerprint density at radius 1 is 1.46 bits per heavy atom. The summed E-state index contributed by atoms with van der Waals surface area (Å²) in [4.78, 5) is 8.12. The van der Waals surface area contributed by atoms with Crippen molar-refractivity contribution in [2.75, 3.05) is 13.2 Å². The molecule has 1 N–H and O–H groups in total. The van der Waals surface area contributed by atoms with Gasteiger partial charge in [-0.1, -0.05) is 6.07 Å². The average molecular weight is 424 g/mol. The van der Waals surface area contributed by atoms with Gasteiger partial charge in [0.1, 0.15) is 0 Å². The summed E-state index contributed by atoms with van der Waals surface area (Å²) in [6, 6.07) is 8.42. The average Bonchev–Trinajstić information content (AvgIpc) is 3.31. The molecule has 0 bridgehead atoms. The van der Waals surface area contributed by atoms with E-state index >= 15 is 0 Å². The van der Waals surface area contributed by atoms with Gasteiger partial charge < -0.3 is 15.0 Å². The van der Waals surface area contributed by atoms with Crippen LogP contribution < -0.4 is 5.32 Å². The fourth-order valence-corrected chi connectivity index (χ4v) is 5.31. The van der Waals surface area contributed by atoms with Gasteiger partial charge in [-0.2, -0.15) is 0 Å². The lowest BCUT2D eigenvalue weighted by molar-refractivity contribution is 0.0846. The van der Waals surface area contributed by atoms with Crippen LogP contribution in [0.4, 0.5) is 0 Å². The number of halogens is 1. The molecule has 4 nitrogen and oxygen atoms in total. The van der Waals surface area contributed by atoms with E-state index < -0.39 is 0 Å². The normalized spacial score (nSPS) is 26.8. The van der Waals surface area contributed by atoms with Gasteiger partial charge in [0.05, 0.1) is 23.9 Å². The van der Waals surface area contributed by atoms with E-state index in [1.54, 1.807) is 11.3 Å². The second-order valence-corrected chi connectivity index (χ2v) is 8.33. The Balaban J connectivity index is 1.67. The van der Waals surface area contributed by atoms with Crippen molar-refractivity contribution in [1.82, 2.24) is 15.2 Å². The first kappa shape index (κ1) is 16.4.